The monoisotopic (exact) mass is 870 g/mol. The molecule has 0 saturated carbocycles. The van der Waals surface area contributed by atoms with Gasteiger partial charge < -0.3 is 24.4 Å². The molecule has 1 saturated heterocycles. The summed E-state index contributed by atoms with van der Waals surface area (Å²) in [4.78, 5) is 46.6. The summed E-state index contributed by atoms with van der Waals surface area (Å²) in [5, 5.41) is 17.0. The third-order valence-corrected chi connectivity index (χ3v) is 17.2. The van der Waals surface area contributed by atoms with Gasteiger partial charge in [0.25, 0.3) is 11.5 Å². The molecule has 1 fully saturated rings. The van der Waals surface area contributed by atoms with E-state index in [9.17, 15) is 14.7 Å². The van der Waals surface area contributed by atoms with E-state index in [0.717, 1.165) is 38.0 Å². The van der Waals surface area contributed by atoms with Crippen LogP contribution in [0.25, 0.3) is 16.5 Å². The lowest BCUT2D eigenvalue weighted by molar-refractivity contribution is -0.150. The highest BCUT2D eigenvalue weighted by molar-refractivity contribution is 9.10. The number of halogens is 1. The second-order valence-electron chi connectivity index (χ2n) is 16.1. The Morgan fingerprint density at radius 2 is 1.64 bits per heavy atom. The average Bonchev–Trinajstić information content (AvgIpc) is 3.67. The lowest BCUT2D eigenvalue weighted by atomic mass is 9.82. The van der Waals surface area contributed by atoms with Gasteiger partial charge in [-0.15, -0.1) is 0 Å². The Labute approximate surface area is 353 Å². The topological polar surface area (TPSA) is 114 Å². The summed E-state index contributed by atoms with van der Waals surface area (Å²) >= 11 is 3.69. The van der Waals surface area contributed by atoms with Crippen molar-refractivity contribution < 1.29 is 24.2 Å². The maximum atomic E-state index is 15.4. The van der Waals surface area contributed by atoms with Gasteiger partial charge in [0.1, 0.15) is 5.75 Å². The zero-order valence-corrected chi connectivity index (χ0v) is 36.1. The molecule has 302 valence electrons. The molecule has 2 aliphatic rings. The number of hydrogen-bond acceptors (Lipinski definition) is 7. The van der Waals surface area contributed by atoms with Crippen LogP contribution in [0.2, 0.25) is 18.6 Å². The molecule has 4 atom stereocenters. The Morgan fingerprint density at radius 3 is 2.36 bits per heavy atom. The number of fused-ring (bicyclic) bond motifs is 3. The second kappa shape index (κ2) is 16.3. The van der Waals surface area contributed by atoms with Crippen LogP contribution in [0.15, 0.2) is 137 Å². The molecule has 3 heterocycles. The summed E-state index contributed by atoms with van der Waals surface area (Å²) in [7, 11) is -0.887. The van der Waals surface area contributed by atoms with Crippen molar-refractivity contribution in [2.24, 2.45) is 5.92 Å². The summed E-state index contributed by atoms with van der Waals surface area (Å²) < 4.78 is 15.0. The minimum absolute atomic E-state index is 0.0520. The molecule has 2 amide bonds. The number of amides is 2. The Balaban J connectivity index is 1.15. The first-order chi connectivity index (χ1) is 28.5. The summed E-state index contributed by atoms with van der Waals surface area (Å²) in [5.74, 6) is 0.124. The number of aromatic nitrogens is 2. The summed E-state index contributed by atoms with van der Waals surface area (Å²) in [6.07, 6.45) is 1.14. The maximum absolute atomic E-state index is 15.4. The fourth-order valence-electron chi connectivity index (χ4n) is 9.36. The van der Waals surface area contributed by atoms with Crippen LogP contribution in [0.4, 0.5) is 5.69 Å². The summed E-state index contributed by atoms with van der Waals surface area (Å²) in [6.45, 7) is 7.31. The molecule has 12 heteroatoms. The largest absolute Gasteiger partial charge is 0.497 e. The zero-order valence-electron chi connectivity index (χ0n) is 33.5. The van der Waals surface area contributed by atoms with Gasteiger partial charge in [0.05, 0.1) is 63.8 Å². The molecule has 0 radical (unpaired) electrons. The molecule has 2 aliphatic heterocycles. The number of carbonyl (C=O) groups is 2. The quantitative estimate of drug-likeness (QED) is 0.128. The van der Waals surface area contributed by atoms with Crippen LogP contribution in [-0.4, -0.2) is 66.0 Å². The first kappa shape index (κ1) is 40.4. The molecule has 1 N–H and O–H groups in total. The standard InChI is InChI=1S/C47H47BrN4O6Si/c1-31-44(59(3,4)38-21-19-37(57-2)20-22-38)42(27-43(54)50(24-25-53)29-32-10-6-5-7-11-32)58-47(31)40-26-35(48)16-23-41(40)51(46(47)56)30-33-14-17-36(18-15-33)52-45(55)39-13-9-8-12-34(39)28-49-52/h5-23,26,28,31,42,44,53H,24-25,27,29-30H2,1-4H3/t31-,42+,44-,47+/m1/s1. The number of nitrogens with zero attached hydrogens (tertiary/aromatic N) is 4. The molecule has 1 spiro atoms. The van der Waals surface area contributed by atoms with Crippen LogP contribution in [0.1, 0.15) is 30.0 Å². The highest BCUT2D eigenvalue weighted by Crippen LogP contribution is 2.60. The van der Waals surface area contributed by atoms with Crippen LogP contribution >= 0.6 is 15.9 Å². The molecule has 0 unspecified atom stereocenters. The van der Waals surface area contributed by atoms with Crippen LogP contribution < -0.4 is 20.4 Å². The third kappa shape index (κ3) is 7.32. The van der Waals surface area contributed by atoms with Crippen LogP contribution in [0.5, 0.6) is 5.75 Å². The number of rotatable bonds is 12. The molecule has 0 bridgehead atoms. The minimum atomic E-state index is -2.53. The number of carbonyl (C=O) groups excluding carboxylic acids is 2. The summed E-state index contributed by atoms with van der Waals surface area (Å²) in [5.41, 5.74) is 2.24. The Kier molecular flexibility index (Phi) is 11.2. The van der Waals surface area contributed by atoms with Gasteiger partial charge in [0.15, 0.2) is 5.60 Å². The van der Waals surface area contributed by atoms with E-state index in [1.807, 2.05) is 103 Å². The molecule has 0 aliphatic carbocycles. The minimum Gasteiger partial charge on any atom is -0.497 e. The van der Waals surface area contributed by atoms with Crippen molar-refractivity contribution in [3.63, 3.8) is 0 Å². The van der Waals surface area contributed by atoms with Crippen LogP contribution in [0.3, 0.4) is 0 Å². The maximum Gasteiger partial charge on any atom is 0.279 e. The number of anilines is 1. The number of aliphatic hydroxyl groups is 1. The van der Waals surface area contributed by atoms with Gasteiger partial charge in [-0.3, -0.25) is 14.4 Å². The van der Waals surface area contributed by atoms with Gasteiger partial charge in [-0.25, -0.2) is 0 Å². The van der Waals surface area contributed by atoms with Gasteiger partial charge in [-0.1, -0.05) is 114 Å². The van der Waals surface area contributed by atoms with E-state index in [1.54, 1.807) is 29.2 Å². The average molecular weight is 872 g/mol. The SMILES string of the molecule is COc1ccc([Si](C)(C)[C@H]2[C@H](CC(=O)N(CCO)Cc3ccccc3)O[C@@]3(C(=O)N(Cc4ccc(-n5ncc6ccccc6c5=O)cc4)c4ccc(Br)cc43)[C@@H]2C)cc1. The van der Waals surface area contributed by atoms with Gasteiger partial charge in [-0.05, 0) is 65.2 Å². The van der Waals surface area contributed by atoms with Crippen molar-refractivity contribution in [2.75, 3.05) is 25.2 Å². The van der Waals surface area contributed by atoms with Crippen LogP contribution in [-0.2, 0) is 33.0 Å². The Morgan fingerprint density at radius 1 is 0.932 bits per heavy atom. The summed E-state index contributed by atoms with van der Waals surface area (Å²) in [6, 6.07) is 38.7. The van der Waals surface area contributed by atoms with Gasteiger partial charge in [0, 0.05) is 34.4 Å². The highest BCUT2D eigenvalue weighted by Gasteiger charge is 2.66. The van der Waals surface area contributed by atoms with E-state index in [-0.39, 0.29) is 54.9 Å². The predicted octanol–water partition coefficient (Wildman–Crippen LogP) is 7.33. The van der Waals surface area contributed by atoms with E-state index in [2.05, 4.69) is 53.2 Å². The van der Waals surface area contributed by atoms with E-state index in [4.69, 9.17) is 9.47 Å². The molecule has 1 aromatic heterocycles. The van der Waals surface area contributed by atoms with Crippen molar-refractivity contribution in [1.29, 1.82) is 0 Å². The molecule has 59 heavy (non-hydrogen) atoms. The number of benzene rings is 5. The van der Waals surface area contributed by atoms with Crippen molar-refractivity contribution in [3.05, 3.63) is 159 Å². The molecular formula is C47H47BrN4O6Si. The molecule has 10 nitrogen and oxygen atoms in total. The smallest absolute Gasteiger partial charge is 0.279 e. The fourth-order valence-corrected chi connectivity index (χ4v) is 13.7. The van der Waals surface area contributed by atoms with Crippen molar-refractivity contribution in [1.82, 2.24) is 14.7 Å². The van der Waals surface area contributed by atoms with Crippen molar-refractivity contribution in [2.45, 2.75) is 56.8 Å². The molecule has 5 aromatic carbocycles. The number of hydrogen-bond donors (Lipinski definition) is 1. The van der Waals surface area contributed by atoms with Gasteiger partial charge in [0.2, 0.25) is 5.91 Å². The molecule has 8 rings (SSSR count). The number of ether oxygens (including phenoxy) is 2. The lowest BCUT2D eigenvalue weighted by Gasteiger charge is -2.37. The Hall–Kier alpha value is -5.40. The van der Waals surface area contributed by atoms with E-state index in [0.29, 0.717) is 17.6 Å². The van der Waals surface area contributed by atoms with Crippen molar-refractivity contribution >= 4 is 57.5 Å². The first-order valence-electron chi connectivity index (χ1n) is 19.9. The number of methoxy groups -OCH3 is 1. The molecular weight excluding hydrogens is 825 g/mol. The third-order valence-electron chi connectivity index (χ3n) is 12.3. The zero-order chi connectivity index (χ0) is 41.5. The molecule has 6 aromatic rings. The Bertz CT molecular complexity index is 2570. The van der Waals surface area contributed by atoms with Crippen molar-refractivity contribution in [3.8, 4) is 11.4 Å². The predicted molar refractivity (Wildman–Crippen MR) is 236 cm³/mol. The number of aliphatic hydroxyl groups excluding tert-OH is 1. The second-order valence-corrected chi connectivity index (χ2v) is 21.7. The first-order valence-corrected chi connectivity index (χ1v) is 23.8. The fraction of sp³-hybridized carbons (Fsp3) is 0.277. The highest BCUT2D eigenvalue weighted by atomic mass is 79.9. The van der Waals surface area contributed by atoms with E-state index in [1.165, 1.54) is 9.87 Å². The van der Waals surface area contributed by atoms with Gasteiger partial charge >= 0.3 is 0 Å². The van der Waals surface area contributed by atoms with Gasteiger partial charge in [-0.2, -0.15) is 9.78 Å². The van der Waals surface area contributed by atoms with E-state index >= 15 is 4.79 Å². The normalized spacial score (nSPS) is 20.0. The lowest BCUT2D eigenvalue weighted by Crippen LogP contribution is -2.52. The van der Waals surface area contributed by atoms with Crippen LogP contribution in [0, 0.1) is 5.92 Å². The van der Waals surface area contributed by atoms with E-state index < -0.39 is 19.8 Å².